The second-order valence-electron chi connectivity index (χ2n) is 6.99. The Bertz CT molecular complexity index is 703. The normalized spacial score (nSPS) is 23.4. The Labute approximate surface area is 148 Å². The number of rotatable bonds is 5. The van der Waals surface area contributed by atoms with E-state index in [0.717, 1.165) is 41.7 Å². The van der Waals surface area contributed by atoms with Crippen LogP contribution >= 0.6 is 0 Å². The average molecular weight is 343 g/mol. The van der Waals surface area contributed by atoms with Gasteiger partial charge in [0.1, 0.15) is 12.1 Å². The molecule has 1 saturated heterocycles. The summed E-state index contributed by atoms with van der Waals surface area (Å²) < 4.78 is 0. The second-order valence-corrected chi connectivity index (χ2v) is 6.99. The van der Waals surface area contributed by atoms with Gasteiger partial charge in [0.15, 0.2) is 0 Å². The molecule has 4 amide bonds. The molecule has 1 aliphatic heterocycles. The van der Waals surface area contributed by atoms with Gasteiger partial charge in [-0.15, -0.1) is 0 Å². The van der Waals surface area contributed by atoms with E-state index >= 15 is 0 Å². The minimum atomic E-state index is -1.01. The Balaban J connectivity index is 1.79. The van der Waals surface area contributed by atoms with Gasteiger partial charge in [-0.3, -0.25) is 14.5 Å². The second kappa shape index (κ2) is 6.86. The summed E-state index contributed by atoms with van der Waals surface area (Å²) in [6, 6.07) is 7.27. The van der Waals surface area contributed by atoms with Crippen molar-refractivity contribution in [1.29, 1.82) is 0 Å². The summed E-state index contributed by atoms with van der Waals surface area (Å²) in [5, 5.41) is 5.71. The fourth-order valence-electron chi connectivity index (χ4n) is 3.92. The number of urea groups is 1. The molecule has 3 rings (SSSR count). The van der Waals surface area contributed by atoms with E-state index in [0.29, 0.717) is 6.42 Å². The quantitative estimate of drug-likeness (QED) is 0.804. The van der Waals surface area contributed by atoms with Crippen molar-refractivity contribution in [3.8, 4) is 0 Å². The van der Waals surface area contributed by atoms with Gasteiger partial charge in [-0.05, 0) is 43.7 Å². The van der Waals surface area contributed by atoms with Crippen molar-refractivity contribution < 1.29 is 14.4 Å². The minimum Gasteiger partial charge on any atom is -0.352 e. The number of fused-ring (bicyclic) bond motifs is 2. The van der Waals surface area contributed by atoms with Gasteiger partial charge in [-0.2, -0.15) is 0 Å². The van der Waals surface area contributed by atoms with E-state index in [4.69, 9.17) is 0 Å². The highest BCUT2D eigenvalue weighted by Gasteiger charge is 2.54. The molecule has 0 aromatic heterocycles. The maximum Gasteiger partial charge on any atom is 0.325 e. The third-order valence-corrected chi connectivity index (χ3v) is 5.08. The Hall–Kier alpha value is -2.37. The van der Waals surface area contributed by atoms with Gasteiger partial charge in [0.25, 0.3) is 5.91 Å². The molecule has 2 aliphatic rings. The molecule has 2 atom stereocenters. The molecule has 2 unspecified atom stereocenters. The number of carbonyl (C=O) groups excluding carboxylic acids is 3. The van der Waals surface area contributed by atoms with Crippen molar-refractivity contribution in [2.45, 2.75) is 57.5 Å². The average Bonchev–Trinajstić information content (AvgIpc) is 2.80. The third-order valence-electron chi connectivity index (χ3n) is 5.08. The first-order valence-electron chi connectivity index (χ1n) is 9.00. The molecule has 1 fully saturated rings. The topological polar surface area (TPSA) is 78.5 Å². The molecule has 6 heteroatoms. The van der Waals surface area contributed by atoms with Gasteiger partial charge < -0.3 is 10.6 Å². The molecule has 1 aliphatic carbocycles. The smallest absolute Gasteiger partial charge is 0.325 e. The maximum absolute atomic E-state index is 13.1. The molecule has 1 heterocycles. The lowest BCUT2D eigenvalue weighted by Gasteiger charge is -2.33. The lowest BCUT2D eigenvalue weighted by Crippen LogP contribution is -2.47. The van der Waals surface area contributed by atoms with E-state index in [1.165, 1.54) is 0 Å². The highest BCUT2D eigenvalue weighted by Crippen LogP contribution is 2.39. The summed E-state index contributed by atoms with van der Waals surface area (Å²) in [6.45, 7) is 3.74. The van der Waals surface area contributed by atoms with Crippen molar-refractivity contribution in [2.24, 2.45) is 0 Å². The van der Waals surface area contributed by atoms with E-state index in [1.807, 2.05) is 38.1 Å². The highest BCUT2D eigenvalue weighted by atomic mass is 16.2. The first kappa shape index (κ1) is 17.5. The Kier molecular flexibility index (Phi) is 4.79. The number of benzene rings is 1. The van der Waals surface area contributed by atoms with Crippen LogP contribution in [-0.2, 0) is 21.5 Å². The summed E-state index contributed by atoms with van der Waals surface area (Å²) in [5.41, 5.74) is 0.938. The zero-order valence-corrected chi connectivity index (χ0v) is 14.8. The molecular formula is C19H25N3O3. The van der Waals surface area contributed by atoms with E-state index in [9.17, 15) is 14.4 Å². The van der Waals surface area contributed by atoms with Crippen molar-refractivity contribution in [3.63, 3.8) is 0 Å². The van der Waals surface area contributed by atoms with Crippen molar-refractivity contribution in [3.05, 3.63) is 35.4 Å². The Morgan fingerprint density at radius 2 is 2.12 bits per heavy atom. The first-order valence-corrected chi connectivity index (χ1v) is 9.00. The van der Waals surface area contributed by atoms with Crippen LogP contribution in [0.2, 0.25) is 0 Å². The Morgan fingerprint density at radius 1 is 1.36 bits per heavy atom. The molecule has 134 valence electrons. The largest absolute Gasteiger partial charge is 0.352 e. The number of amides is 4. The molecule has 1 aromatic rings. The fourth-order valence-corrected chi connectivity index (χ4v) is 3.92. The molecule has 1 spiro atoms. The predicted molar refractivity (Wildman–Crippen MR) is 93.8 cm³/mol. The van der Waals surface area contributed by atoms with Gasteiger partial charge in [0, 0.05) is 6.04 Å². The van der Waals surface area contributed by atoms with E-state index < -0.39 is 11.6 Å². The molecule has 0 saturated carbocycles. The summed E-state index contributed by atoms with van der Waals surface area (Å²) in [4.78, 5) is 38.8. The zero-order valence-electron chi connectivity index (χ0n) is 14.8. The van der Waals surface area contributed by atoms with Gasteiger partial charge in [-0.25, -0.2) is 4.79 Å². The molecule has 0 bridgehead atoms. The monoisotopic (exact) mass is 343 g/mol. The lowest BCUT2D eigenvalue weighted by molar-refractivity contribution is -0.135. The van der Waals surface area contributed by atoms with Crippen molar-refractivity contribution in [2.75, 3.05) is 6.54 Å². The van der Waals surface area contributed by atoms with Crippen LogP contribution in [0.5, 0.6) is 0 Å². The van der Waals surface area contributed by atoms with Crippen LogP contribution in [0.4, 0.5) is 4.79 Å². The molecule has 6 nitrogen and oxygen atoms in total. The van der Waals surface area contributed by atoms with Crippen LogP contribution in [0.25, 0.3) is 0 Å². The summed E-state index contributed by atoms with van der Waals surface area (Å²) >= 11 is 0. The van der Waals surface area contributed by atoms with Gasteiger partial charge in [0.05, 0.1) is 0 Å². The predicted octanol–water partition coefficient (Wildman–Crippen LogP) is 2.07. The van der Waals surface area contributed by atoms with Crippen molar-refractivity contribution >= 4 is 17.8 Å². The van der Waals surface area contributed by atoms with E-state index in [-0.39, 0.29) is 24.4 Å². The van der Waals surface area contributed by atoms with Crippen LogP contribution < -0.4 is 10.6 Å². The molecule has 2 N–H and O–H groups in total. The van der Waals surface area contributed by atoms with Crippen LogP contribution in [0.15, 0.2) is 24.3 Å². The highest BCUT2D eigenvalue weighted by molar-refractivity contribution is 6.09. The fraction of sp³-hybridized carbons (Fsp3) is 0.526. The van der Waals surface area contributed by atoms with Gasteiger partial charge in [0.2, 0.25) is 5.91 Å². The SMILES string of the molecule is CCCC(C)NC(=O)CN1C(=O)NC2(CCCc3ccccc32)C1=O. The van der Waals surface area contributed by atoms with Gasteiger partial charge in [-0.1, -0.05) is 37.6 Å². The Morgan fingerprint density at radius 3 is 2.88 bits per heavy atom. The number of hydrogen-bond acceptors (Lipinski definition) is 3. The first-order chi connectivity index (χ1) is 12.0. The molecule has 25 heavy (non-hydrogen) atoms. The van der Waals surface area contributed by atoms with E-state index in [1.54, 1.807) is 0 Å². The van der Waals surface area contributed by atoms with Crippen LogP contribution in [0.1, 0.15) is 50.7 Å². The summed E-state index contributed by atoms with van der Waals surface area (Å²) in [6.07, 6.45) is 4.12. The summed E-state index contributed by atoms with van der Waals surface area (Å²) in [5.74, 6) is -0.617. The molecule has 1 aromatic carbocycles. The van der Waals surface area contributed by atoms with Crippen LogP contribution in [0, 0.1) is 0 Å². The zero-order chi connectivity index (χ0) is 18.0. The van der Waals surface area contributed by atoms with Crippen LogP contribution in [0.3, 0.4) is 0 Å². The molecule has 0 radical (unpaired) electrons. The maximum atomic E-state index is 13.1. The van der Waals surface area contributed by atoms with Gasteiger partial charge >= 0.3 is 6.03 Å². The number of hydrogen-bond donors (Lipinski definition) is 2. The standard InChI is InChI=1S/C19H25N3O3/c1-3-7-13(2)20-16(23)12-22-17(24)19(21-18(22)25)11-6-9-14-8-4-5-10-15(14)19/h4-5,8,10,13H,3,6-7,9,11-12H2,1-2H3,(H,20,23)(H,21,25). The van der Waals surface area contributed by atoms with E-state index in [2.05, 4.69) is 10.6 Å². The lowest BCUT2D eigenvalue weighted by atomic mass is 9.76. The number of imide groups is 1. The van der Waals surface area contributed by atoms with Crippen LogP contribution in [-0.4, -0.2) is 35.3 Å². The molecular weight excluding hydrogens is 318 g/mol. The summed E-state index contributed by atoms with van der Waals surface area (Å²) in [7, 11) is 0. The number of nitrogens with zero attached hydrogens (tertiary/aromatic N) is 1. The number of nitrogens with one attached hydrogen (secondary N) is 2. The minimum absolute atomic E-state index is 0.0302. The number of carbonyl (C=O) groups is 3. The third kappa shape index (κ3) is 3.13. The van der Waals surface area contributed by atoms with Crippen molar-refractivity contribution in [1.82, 2.24) is 15.5 Å². The number of aryl methyl sites for hydroxylation is 1.